The number of nitrogens with zero attached hydrogens (tertiary/aromatic N) is 1. The number of pyridine rings is 1. The smallest absolute Gasteiger partial charge is 0.339 e. The molecule has 64 valence electrons. The van der Waals surface area contributed by atoms with Gasteiger partial charge in [0.2, 0.25) is 5.88 Å². The van der Waals surface area contributed by atoms with Crippen LogP contribution in [0.3, 0.4) is 0 Å². The van der Waals surface area contributed by atoms with Crippen LogP contribution in [-0.2, 0) is 4.74 Å². The molecule has 0 aromatic carbocycles. The van der Waals surface area contributed by atoms with E-state index in [-0.39, 0.29) is 11.4 Å². The van der Waals surface area contributed by atoms with E-state index in [0.29, 0.717) is 0 Å². The Bertz CT molecular complexity index is 347. The van der Waals surface area contributed by atoms with Gasteiger partial charge in [0, 0.05) is 12.3 Å². The van der Waals surface area contributed by atoms with Gasteiger partial charge in [0.15, 0.2) is 0 Å². The van der Waals surface area contributed by atoms with Crippen LogP contribution in [0, 0.1) is 0 Å². The Kier molecular flexibility index (Phi) is 1.59. The van der Waals surface area contributed by atoms with E-state index in [0.717, 1.165) is 0 Å². The molecule has 0 unspecified atom stereocenters. The summed E-state index contributed by atoms with van der Waals surface area (Å²) in [5, 5.41) is 0. The topological polar surface area (TPSA) is 48.4 Å². The number of methoxy groups -OCH3 is 2. The van der Waals surface area contributed by atoms with Gasteiger partial charge in [-0.3, -0.25) is 0 Å². The maximum Gasteiger partial charge on any atom is 0.339 e. The second-order valence-corrected chi connectivity index (χ2v) is 1.98. The SMILES string of the molecule is [2H]C([2H])([2H])Oc1ccc(C(=O)OC)cn1. The number of rotatable bonds is 2. The Morgan fingerprint density at radius 1 is 1.67 bits per heavy atom. The summed E-state index contributed by atoms with van der Waals surface area (Å²) in [6.07, 6.45) is 1.19. The summed E-state index contributed by atoms with van der Waals surface area (Å²) in [5.41, 5.74) is 0.232. The summed E-state index contributed by atoms with van der Waals surface area (Å²) in [4.78, 5) is 14.6. The van der Waals surface area contributed by atoms with Crippen molar-refractivity contribution in [2.45, 2.75) is 0 Å². The molecule has 1 heterocycles. The number of ether oxygens (including phenoxy) is 2. The summed E-state index contributed by atoms with van der Waals surface area (Å²) < 4.78 is 29.4. The molecule has 0 saturated heterocycles. The molecule has 0 amide bonds. The van der Waals surface area contributed by atoms with Gasteiger partial charge in [0.1, 0.15) is 0 Å². The normalized spacial score (nSPS) is 13.9. The van der Waals surface area contributed by atoms with Gasteiger partial charge in [-0.25, -0.2) is 9.78 Å². The maximum atomic E-state index is 11.0. The molecule has 12 heavy (non-hydrogen) atoms. The van der Waals surface area contributed by atoms with Gasteiger partial charge in [-0.05, 0) is 6.07 Å². The van der Waals surface area contributed by atoms with Crippen molar-refractivity contribution in [3.05, 3.63) is 23.9 Å². The highest BCUT2D eigenvalue weighted by atomic mass is 16.5. The highest BCUT2D eigenvalue weighted by Crippen LogP contribution is 2.06. The van der Waals surface area contributed by atoms with Crippen molar-refractivity contribution in [2.24, 2.45) is 0 Å². The van der Waals surface area contributed by atoms with Gasteiger partial charge in [-0.2, -0.15) is 0 Å². The fraction of sp³-hybridized carbons (Fsp3) is 0.250. The number of esters is 1. The minimum atomic E-state index is -2.54. The van der Waals surface area contributed by atoms with Crippen molar-refractivity contribution in [2.75, 3.05) is 14.1 Å². The second-order valence-electron chi connectivity index (χ2n) is 1.98. The molecule has 0 bridgehead atoms. The molecule has 1 aromatic rings. The van der Waals surface area contributed by atoms with Crippen LogP contribution in [0.2, 0.25) is 0 Å². The molecule has 1 aromatic heterocycles. The molecule has 0 spiro atoms. The van der Waals surface area contributed by atoms with Crippen LogP contribution in [0.15, 0.2) is 18.3 Å². The lowest BCUT2D eigenvalue weighted by molar-refractivity contribution is 0.0600. The summed E-state index contributed by atoms with van der Waals surface area (Å²) in [6.45, 7) is 0. The van der Waals surface area contributed by atoms with Gasteiger partial charge in [-0.15, -0.1) is 0 Å². The van der Waals surface area contributed by atoms with Gasteiger partial charge in [0.25, 0.3) is 0 Å². The first kappa shape index (κ1) is 5.13. The van der Waals surface area contributed by atoms with Crippen molar-refractivity contribution in [3.63, 3.8) is 0 Å². The predicted octanol–water partition coefficient (Wildman–Crippen LogP) is 0.877. The van der Waals surface area contributed by atoms with Crippen molar-refractivity contribution in [1.29, 1.82) is 0 Å². The monoisotopic (exact) mass is 170 g/mol. The zero-order valence-corrected chi connectivity index (χ0v) is 6.40. The van der Waals surface area contributed by atoms with Gasteiger partial charge >= 0.3 is 5.97 Å². The Labute approximate surface area is 74.3 Å². The van der Waals surface area contributed by atoms with Gasteiger partial charge in [0.05, 0.1) is 23.8 Å². The lowest BCUT2D eigenvalue weighted by atomic mass is 10.3. The highest BCUT2D eigenvalue weighted by molar-refractivity contribution is 5.88. The molecule has 4 heteroatoms. The molecule has 0 fully saturated rings. The molecule has 0 aliphatic heterocycles. The van der Waals surface area contributed by atoms with Crippen molar-refractivity contribution in [1.82, 2.24) is 4.98 Å². The van der Waals surface area contributed by atoms with Crippen LogP contribution in [0.4, 0.5) is 0 Å². The van der Waals surface area contributed by atoms with Crippen molar-refractivity contribution >= 4 is 5.97 Å². The summed E-state index contributed by atoms with van der Waals surface area (Å²) in [7, 11) is -1.30. The Morgan fingerprint density at radius 3 is 3.00 bits per heavy atom. The third-order valence-electron chi connectivity index (χ3n) is 1.26. The molecular weight excluding hydrogens is 158 g/mol. The predicted molar refractivity (Wildman–Crippen MR) is 42.1 cm³/mol. The molecule has 4 nitrogen and oxygen atoms in total. The van der Waals surface area contributed by atoms with Crippen LogP contribution in [-0.4, -0.2) is 25.1 Å². The fourth-order valence-electron chi connectivity index (χ4n) is 0.679. The van der Waals surface area contributed by atoms with Gasteiger partial charge in [-0.1, -0.05) is 0 Å². The first-order chi connectivity index (χ1) is 6.92. The van der Waals surface area contributed by atoms with E-state index in [4.69, 9.17) is 4.11 Å². The third-order valence-corrected chi connectivity index (χ3v) is 1.26. The number of hydrogen-bond acceptors (Lipinski definition) is 4. The minimum absolute atomic E-state index is 0.0670. The van der Waals surface area contributed by atoms with Crippen LogP contribution >= 0.6 is 0 Å². The van der Waals surface area contributed by atoms with E-state index in [1.54, 1.807) is 0 Å². The standard InChI is InChI=1S/C8H9NO3/c1-11-7-4-3-6(5-9-7)8(10)12-2/h3-5H,1-2H3/i1D3. The Morgan fingerprint density at radius 2 is 2.50 bits per heavy atom. The average Bonchev–Trinajstić information content (AvgIpc) is 2.15. The van der Waals surface area contributed by atoms with Crippen LogP contribution in [0.25, 0.3) is 0 Å². The van der Waals surface area contributed by atoms with E-state index in [1.165, 1.54) is 25.4 Å². The quantitative estimate of drug-likeness (QED) is 0.618. The number of carbonyl (C=O) groups excluding carboxylic acids is 1. The molecule has 0 saturated carbocycles. The molecule has 0 aliphatic rings. The molecular formula is C8H9NO3. The zero-order valence-electron chi connectivity index (χ0n) is 9.40. The fourth-order valence-corrected chi connectivity index (χ4v) is 0.679. The molecule has 0 N–H and O–H groups in total. The summed E-state index contributed by atoms with van der Waals surface area (Å²) in [6, 6.07) is 2.67. The number of carbonyl (C=O) groups is 1. The lowest BCUT2D eigenvalue weighted by Gasteiger charge is -1.99. The largest absolute Gasteiger partial charge is 0.481 e. The highest BCUT2D eigenvalue weighted by Gasteiger charge is 2.04. The average molecular weight is 170 g/mol. The minimum Gasteiger partial charge on any atom is -0.481 e. The Hall–Kier alpha value is -1.58. The van der Waals surface area contributed by atoms with Crippen LogP contribution < -0.4 is 4.74 Å². The molecule has 0 atom stereocenters. The molecule has 0 aliphatic carbocycles. The van der Waals surface area contributed by atoms with E-state index < -0.39 is 13.0 Å². The van der Waals surface area contributed by atoms with E-state index >= 15 is 0 Å². The Balaban J connectivity index is 2.77. The van der Waals surface area contributed by atoms with Crippen LogP contribution in [0.5, 0.6) is 5.88 Å². The van der Waals surface area contributed by atoms with E-state index in [9.17, 15) is 4.79 Å². The molecule has 1 rings (SSSR count). The maximum absolute atomic E-state index is 11.0. The van der Waals surface area contributed by atoms with E-state index in [2.05, 4.69) is 14.5 Å². The lowest BCUT2D eigenvalue weighted by Crippen LogP contribution is -2.01. The van der Waals surface area contributed by atoms with Crippen LogP contribution in [0.1, 0.15) is 14.5 Å². The van der Waals surface area contributed by atoms with E-state index in [1.807, 2.05) is 0 Å². The third kappa shape index (κ3) is 1.72. The summed E-state index contributed by atoms with van der Waals surface area (Å²) in [5.74, 6) is -0.606. The number of hydrogen-bond donors (Lipinski definition) is 0. The van der Waals surface area contributed by atoms with Gasteiger partial charge < -0.3 is 9.47 Å². The first-order valence-electron chi connectivity index (χ1n) is 4.66. The number of aromatic nitrogens is 1. The second kappa shape index (κ2) is 3.71. The molecule has 0 radical (unpaired) electrons. The first-order valence-corrected chi connectivity index (χ1v) is 3.16. The zero-order chi connectivity index (χ0) is 11.5. The summed E-state index contributed by atoms with van der Waals surface area (Å²) >= 11 is 0. The van der Waals surface area contributed by atoms with Crippen molar-refractivity contribution < 1.29 is 18.4 Å². The van der Waals surface area contributed by atoms with Crippen molar-refractivity contribution in [3.8, 4) is 5.88 Å².